The quantitative estimate of drug-likeness (QED) is 0.874. The molecule has 0 aliphatic carbocycles. The van der Waals surface area contributed by atoms with Crippen LogP contribution in [-0.4, -0.2) is 38.3 Å². The second-order valence-corrected chi connectivity index (χ2v) is 6.75. The van der Waals surface area contributed by atoms with Gasteiger partial charge in [0.05, 0.1) is 5.41 Å². The SMILES string of the molecule is CC1CNCCC1NC(=O)C1(c2ccc(F)cc2)CCOCC1.Cl. The van der Waals surface area contributed by atoms with Crippen molar-refractivity contribution in [2.24, 2.45) is 5.92 Å². The van der Waals surface area contributed by atoms with E-state index in [9.17, 15) is 9.18 Å². The summed E-state index contributed by atoms with van der Waals surface area (Å²) in [5.41, 5.74) is 0.289. The molecule has 0 spiro atoms. The van der Waals surface area contributed by atoms with E-state index in [2.05, 4.69) is 17.6 Å². The molecule has 1 amide bonds. The van der Waals surface area contributed by atoms with Crippen molar-refractivity contribution < 1.29 is 13.9 Å². The lowest BCUT2D eigenvalue weighted by molar-refractivity contribution is -0.131. The molecule has 6 heteroatoms. The van der Waals surface area contributed by atoms with Crippen LogP contribution in [0.4, 0.5) is 4.39 Å². The molecule has 2 aliphatic rings. The van der Waals surface area contributed by atoms with Crippen molar-refractivity contribution in [3.05, 3.63) is 35.6 Å². The normalized spacial score (nSPS) is 26.2. The Kier molecular flexibility index (Phi) is 6.61. The Hall–Kier alpha value is -1.17. The van der Waals surface area contributed by atoms with E-state index in [1.165, 1.54) is 12.1 Å². The van der Waals surface area contributed by atoms with Crippen LogP contribution in [0, 0.1) is 11.7 Å². The number of rotatable bonds is 3. The molecule has 24 heavy (non-hydrogen) atoms. The van der Waals surface area contributed by atoms with Gasteiger partial charge in [-0.15, -0.1) is 12.4 Å². The highest BCUT2D eigenvalue weighted by Crippen LogP contribution is 2.35. The molecule has 4 nitrogen and oxygen atoms in total. The van der Waals surface area contributed by atoms with E-state index in [0.29, 0.717) is 32.0 Å². The number of benzene rings is 1. The molecule has 1 aromatic carbocycles. The first-order chi connectivity index (χ1) is 11.1. The Morgan fingerprint density at radius 2 is 1.96 bits per heavy atom. The zero-order valence-electron chi connectivity index (χ0n) is 14.0. The number of carbonyl (C=O) groups excluding carboxylic acids is 1. The molecule has 2 fully saturated rings. The van der Waals surface area contributed by atoms with Crippen molar-refractivity contribution in [1.29, 1.82) is 0 Å². The van der Waals surface area contributed by atoms with Crippen LogP contribution >= 0.6 is 12.4 Å². The first-order valence-electron chi connectivity index (χ1n) is 8.47. The molecule has 2 atom stereocenters. The predicted octanol–water partition coefficient (Wildman–Crippen LogP) is 2.41. The lowest BCUT2D eigenvalue weighted by Crippen LogP contribution is -2.55. The first-order valence-corrected chi connectivity index (χ1v) is 8.47. The Bertz CT molecular complexity index is 546. The fraction of sp³-hybridized carbons (Fsp3) is 0.611. The standard InChI is InChI=1S/C18H25FN2O2.ClH/c1-13-12-20-9-6-16(13)21-17(22)18(7-10-23-11-8-18)14-2-4-15(19)5-3-14;/h2-5,13,16,20H,6-12H2,1H3,(H,21,22);1H. The minimum absolute atomic E-state index is 0. The fourth-order valence-corrected chi connectivity index (χ4v) is 3.67. The highest BCUT2D eigenvalue weighted by atomic mass is 35.5. The summed E-state index contributed by atoms with van der Waals surface area (Å²) in [7, 11) is 0. The molecular formula is C18H26ClFN2O2. The van der Waals surface area contributed by atoms with Crippen molar-refractivity contribution in [3.63, 3.8) is 0 Å². The number of ether oxygens (including phenoxy) is 1. The number of amides is 1. The number of hydrogen-bond acceptors (Lipinski definition) is 3. The average Bonchev–Trinajstić information content (AvgIpc) is 2.58. The monoisotopic (exact) mass is 356 g/mol. The Balaban J connectivity index is 0.00000208. The Labute approximate surface area is 148 Å². The Morgan fingerprint density at radius 3 is 2.58 bits per heavy atom. The minimum atomic E-state index is -0.601. The smallest absolute Gasteiger partial charge is 0.231 e. The summed E-state index contributed by atoms with van der Waals surface area (Å²) in [6.07, 6.45) is 2.23. The maximum Gasteiger partial charge on any atom is 0.231 e. The van der Waals surface area contributed by atoms with Crippen LogP contribution in [-0.2, 0) is 14.9 Å². The maximum absolute atomic E-state index is 13.3. The molecule has 0 radical (unpaired) electrons. The van der Waals surface area contributed by atoms with Crippen LogP contribution in [0.3, 0.4) is 0 Å². The summed E-state index contributed by atoms with van der Waals surface area (Å²) >= 11 is 0. The van der Waals surface area contributed by atoms with Crippen LogP contribution in [0.2, 0.25) is 0 Å². The molecule has 134 valence electrons. The molecule has 2 unspecified atom stereocenters. The van der Waals surface area contributed by atoms with Gasteiger partial charge in [-0.3, -0.25) is 4.79 Å². The highest BCUT2D eigenvalue weighted by molar-refractivity contribution is 5.88. The van der Waals surface area contributed by atoms with Crippen LogP contribution in [0.1, 0.15) is 31.7 Å². The van der Waals surface area contributed by atoms with Crippen molar-refractivity contribution in [2.45, 2.75) is 37.6 Å². The molecule has 2 saturated heterocycles. The molecule has 2 N–H and O–H groups in total. The van der Waals surface area contributed by atoms with Crippen molar-refractivity contribution in [1.82, 2.24) is 10.6 Å². The molecular weight excluding hydrogens is 331 g/mol. The van der Waals surface area contributed by atoms with Gasteiger partial charge in [-0.25, -0.2) is 4.39 Å². The van der Waals surface area contributed by atoms with E-state index in [4.69, 9.17) is 4.74 Å². The third-order valence-corrected chi connectivity index (χ3v) is 5.28. The van der Waals surface area contributed by atoms with Gasteiger partial charge < -0.3 is 15.4 Å². The molecule has 3 rings (SSSR count). The summed E-state index contributed by atoms with van der Waals surface area (Å²) in [4.78, 5) is 13.1. The van der Waals surface area contributed by atoms with Crippen LogP contribution in [0.5, 0.6) is 0 Å². The number of carbonyl (C=O) groups is 1. The summed E-state index contributed by atoms with van der Waals surface area (Å²) in [6, 6.07) is 6.56. The minimum Gasteiger partial charge on any atom is -0.381 e. The van der Waals surface area contributed by atoms with E-state index >= 15 is 0 Å². The predicted molar refractivity (Wildman–Crippen MR) is 94.0 cm³/mol. The Morgan fingerprint density at radius 1 is 1.29 bits per heavy atom. The highest BCUT2D eigenvalue weighted by Gasteiger charge is 2.42. The number of piperidine rings is 1. The van der Waals surface area contributed by atoms with Gasteiger partial charge in [0.25, 0.3) is 0 Å². The summed E-state index contributed by atoms with van der Waals surface area (Å²) < 4.78 is 18.7. The van der Waals surface area contributed by atoms with Gasteiger partial charge in [0.15, 0.2) is 0 Å². The van der Waals surface area contributed by atoms with Crippen LogP contribution in [0.15, 0.2) is 24.3 Å². The number of halogens is 2. The summed E-state index contributed by atoms with van der Waals surface area (Å²) in [6.45, 7) is 5.14. The van der Waals surface area contributed by atoms with E-state index in [1.54, 1.807) is 12.1 Å². The summed E-state index contributed by atoms with van der Waals surface area (Å²) in [5.74, 6) is 0.201. The van der Waals surface area contributed by atoms with E-state index in [0.717, 1.165) is 25.1 Å². The van der Waals surface area contributed by atoms with E-state index in [1.807, 2.05) is 0 Å². The third kappa shape index (κ3) is 3.90. The maximum atomic E-state index is 13.3. The number of nitrogens with one attached hydrogen (secondary N) is 2. The van der Waals surface area contributed by atoms with E-state index in [-0.39, 0.29) is 30.2 Å². The molecule has 0 saturated carbocycles. The molecule has 2 aliphatic heterocycles. The number of hydrogen-bond donors (Lipinski definition) is 2. The van der Waals surface area contributed by atoms with Gasteiger partial charge >= 0.3 is 0 Å². The molecule has 0 bridgehead atoms. The fourth-order valence-electron chi connectivity index (χ4n) is 3.67. The van der Waals surface area contributed by atoms with Gasteiger partial charge in [-0.1, -0.05) is 19.1 Å². The van der Waals surface area contributed by atoms with Crippen molar-refractivity contribution in [3.8, 4) is 0 Å². The van der Waals surface area contributed by atoms with Gasteiger partial charge in [-0.05, 0) is 56.0 Å². The molecule has 1 aromatic rings. The van der Waals surface area contributed by atoms with Gasteiger partial charge in [0, 0.05) is 19.3 Å². The largest absolute Gasteiger partial charge is 0.381 e. The lowest BCUT2D eigenvalue weighted by Gasteiger charge is -2.39. The van der Waals surface area contributed by atoms with Crippen molar-refractivity contribution >= 4 is 18.3 Å². The second kappa shape index (κ2) is 8.28. The topological polar surface area (TPSA) is 50.4 Å². The average molecular weight is 357 g/mol. The lowest BCUT2D eigenvalue weighted by atomic mass is 9.73. The molecule has 0 aromatic heterocycles. The van der Waals surface area contributed by atoms with Crippen LogP contribution < -0.4 is 10.6 Å². The zero-order chi connectivity index (χ0) is 16.3. The third-order valence-electron chi connectivity index (χ3n) is 5.28. The van der Waals surface area contributed by atoms with Gasteiger partial charge in [0.1, 0.15) is 5.82 Å². The zero-order valence-corrected chi connectivity index (χ0v) is 14.8. The molecule has 2 heterocycles. The van der Waals surface area contributed by atoms with Gasteiger partial charge in [0.2, 0.25) is 5.91 Å². The van der Waals surface area contributed by atoms with E-state index < -0.39 is 5.41 Å². The van der Waals surface area contributed by atoms with Crippen molar-refractivity contribution in [2.75, 3.05) is 26.3 Å². The van der Waals surface area contributed by atoms with Crippen LogP contribution in [0.25, 0.3) is 0 Å². The first kappa shape index (κ1) is 19.2. The summed E-state index contributed by atoms with van der Waals surface area (Å²) in [5, 5.41) is 6.62. The van der Waals surface area contributed by atoms with Gasteiger partial charge in [-0.2, -0.15) is 0 Å². The second-order valence-electron chi connectivity index (χ2n) is 6.75.